The van der Waals surface area contributed by atoms with Crippen LogP contribution >= 0.6 is 11.8 Å². The van der Waals surface area contributed by atoms with Crippen LogP contribution in [0.1, 0.15) is 18.3 Å². The molecule has 0 spiro atoms. The van der Waals surface area contributed by atoms with Gasteiger partial charge in [-0.05, 0) is 35.5 Å². The highest BCUT2D eigenvalue weighted by Gasteiger charge is 2.07. The molecule has 0 saturated heterocycles. The van der Waals surface area contributed by atoms with Crippen molar-refractivity contribution < 1.29 is 9.90 Å². The molecule has 0 bridgehead atoms. The van der Waals surface area contributed by atoms with E-state index in [0.29, 0.717) is 17.4 Å². The topological polar surface area (TPSA) is 94.6 Å². The van der Waals surface area contributed by atoms with Crippen molar-refractivity contribution in [1.82, 2.24) is 20.2 Å². The lowest BCUT2D eigenvalue weighted by Gasteiger charge is -2.05. The van der Waals surface area contributed by atoms with Gasteiger partial charge in [0, 0.05) is 23.7 Å². The van der Waals surface area contributed by atoms with Crippen LogP contribution < -0.4 is 5.11 Å². The number of nitrogens with zero attached hydrogens (tertiary/aromatic N) is 3. The van der Waals surface area contributed by atoms with E-state index in [2.05, 4.69) is 20.2 Å². The van der Waals surface area contributed by atoms with Crippen LogP contribution in [-0.4, -0.2) is 26.1 Å². The molecule has 0 unspecified atom stereocenters. The van der Waals surface area contributed by atoms with Crippen molar-refractivity contribution in [3.8, 4) is 0 Å². The van der Waals surface area contributed by atoms with Gasteiger partial charge in [0.2, 0.25) is 5.16 Å². The first-order chi connectivity index (χ1) is 9.19. The lowest BCUT2D eigenvalue weighted by molar-refractivity contribution is -0.297. The Kier molecular flexibility index (Phi) is 4.30. The molecule has 0 radical (unpaired) electrons. The summed E-state index contributed by atoms with van der Waals surface area (Å²) in [6.07, 6.45) is 5.39. The van der Waals surface area contributed by atoms with Gasteiger partial charge in [0.25, 0.3) is 0 Å². The fourth-order valence-electron chi connectivity index (χ4n) is 1.32. The molecule has 2 heterocycles. The van der Waals surface area contributed by atoms with E-state index in [0.717, 1.165) is 17.3 Å². The Balaban J connectivity index is 2.21. The number of aromatic nitrogens is 4. The molecule has 19 heavy (non-hydrogen) atoms. The Morgan fingerprint density at radius 3 is 2.79 bits per heavy atom. The highest BCUT2D eigenvalue weighted by atomic mass is 32.2. The fourth-order valence-corrected chi connectivity index (χ4v) is 2.04. The predicted molar refractivity (Wildman–Crippen MR) is 68.8 cm³/mol. The van der Waals surface area contributed by atoms with Gasteiger partial charge in [-0.2, -0.15) is 0 Å². The molecule has 0 atom stereocenters. The number of aliphatic carboxylic acids is 1. The number of carboxylic acid groups (broad SMARTS) is 1. The monoisotopic (exact) mass is 275 g/mol. The van der Waals surface area contributed by atoms with Gasteiger partial charge in [-0.1, -0.05) is 6.92 Å². The zero-order valence-corrected chi connectivity index (χ0v) is 11.0. The molecule has 0 aliphatic rings. The Labute approximate surface area is 114 Å². The van der Waals surface area contributed by atoms with Crippen molar-refractivity contribution in [1.29, 1.82) is 0 Å². The molecule has 0 amide bonds. The second-order valence-electron chi connectivity index (χ2n) is 3.60. The normalized spacial score (nSPS) is 11.5. The average Bonchev–Trinajstić information content (AvgIpc) is 2.87. The molecule has 1 N–H and O–H groups in total. The van der Waals surface area contributed by atoms with E-state index in [9.17, 15) is 9.90 Å². The molecule has 2 rings (SSSR count). The number of hydrogen-bond donors (Lipinski definition) is 1. The van der Waals surface area contributed by atoms with Gasteiger partial charge in [-0.15, -0.1) is 5.10 Å². The van der Waals surface area contributed by atoms with Crippen LogP contribution in [0.2, 0.25) is 0 Å². The van der Waals surface area contributed by atoms with Crippen molar-refractivity contribution in [2.45, 2.75) is 18.5 Å². The molecule has 0 fully saturated rings. The van der Waals surface area contributed by atoms with Crippen molar-refractivity contribution >= 4 is 23.8 Å². The predicted octanol–water partition coefficient (Wildman–Crippen LogP) is 0.645. The molecule has 0 aliphatic heterocycles. The quantitative estimate of drug-likeness (QED) is 0.636. The van der Waals surface area contributed by atoms with E-state index in [1.54, 1.807) is 24.5 Å². The molecular weight excluding hydrogens is 264 g/mol. The maximum Gasteiger partial charge on any atom is 0.213 e. The number of carbonyl (C=O) groups excluding carboxylic acids is 1. The number of carbonyl (C=O) groups is 1. The highest BCUT2D eigenvalue weighted by molar-refractivity contribution is 8.04. The maximum absolute atomic E-state index is 11.1. The second-order valence-corrected chi connectivity index (χ2v) is 4.61. The van der Waals surface area contributed by atoms with E-state index in [-0.39, 0.29) is 4.91 Å². The van der Waals surface area contributed by atoms with Crippen molar-refractivity contribution in [2.24, 2.45) is 0 Å². The van der Waals surface area contributed by atoms with Crippen LogP contribution in [0.5, 0.6) is 0 Å². The summed E-state index contributed by atoms with van der Waals surface area (Å²) in [6.45, 7) is 1.93. The highest BCUT2D eigenvalue weighted by Crippen LogP contribution is 2.24. The third-order valence-electron chi connectivity index (χ3n) is 2.25. The molecule has 0 saturated carbocycles. The summed E-state index contributed by atoms with van der Waals surface area (Å²) in [5, 5.41) is 18.1. The summed E-state index contributed by atoms with van der Waals surface area (Å²) in [5.41, 5.74) is 0.730. The summed E-state index contributed by atoms with van der Waals surface area (Å²) >= 11 is 0.953. The number of H-pyrrole nitrogens is 1. The van der Waals surface area contributed by atoms with Crippen LogP contribution in [0, 0.1) is 0 Å². The Morgan fingerprint density at radius 2 is 2.21 bits per heavy atom. The van der Waals surface area contributed by atoms with Gasteiger partial charge in [-0.3, -0.25) is 10.1 Å². The lowest BCUT2D eigenvalue weighted by Crippen LogP contribution is -2.23. The molecule has 0 aromatic carbocycles. The van der Waals surface area contributed by atoms with E-state index in [1.165, 1.54) is 6.08 Å². The molecular formula is C12H11N4O2S-. The van der Waals surface area contributed by atoms with E-state index in [4.69, 9.17) is 0 Å². The van der Waals surface area contributed by atoms with Crippen LogP contribution in [-0.2, 0) is 11.2 Å². The molecule has 2 aromatic rings. The fraction of sp³-hybridized carbons (Fsp3) is 0.167. The number of aryl methyl sites for hydroxylation is 1. The SMILES string of the molecule is CCc1nc(S/C(=C/c2ccncc2)C(=O)[O-])n[nH]1. The summed E-state index contributed by atoms with van der Waals surface area (Å²) in [5.74, 6) is -0.547. The van der Waals surface area contributed by atoms with Crippen LogP contribution in [0.4, 0.5) is 0 Å². The Morgan fingerprint density at radius 1 is 1.47 bits per heavy atom. The first kappa shape index (κ1) is 13.3. The third kappa shape index (κ3) is 3.65. The number of rotatable bonds is 5. The van der Waals surface area contributed by atoms with Crippen molar-refractivity contribution in [3.63, 3.8) is 0 Å². The Bertz CT molecular complexity index is 595. The summed E-state index contributed by atoms with van der Waals surface area (Å²) in [4.78, 5) is 19.2. The Hall–Kier alpha value is -2.15. The lowest BCUT2D eigenvalue weighted by atomic mass is 10.2. The largest absolute Gasteiger partial charge is 0.544 e. The summed E-state index contributed by atoms with van der Waals surface area (Å²) < 4.78 is 0. The van der Waals surface area contributed by atoms with Gasteiger partial charge < -0.3 is 9.90 Å². The van der Waals surface area contributed by atoms with E-state index < -0.39 is 5.97 Å². The molecule has 2 aromatic heterocycles. The van der Waals surface area contributed by atoms with Gasteiger partial charge in [0.05, 0.1) is 5.97 Å². The zero-order chi connectivity index (χ0) is 13.7. The number of thioether (sulfide) groups is 1. The smallest absolute Gasteiger partial charge is 0.213 e. The van der Waals surface area contributed by atoms with Crippen LogP contribution in [0.25, 0.3) is 6.08 Å². The minimum absolute atomic E-state index is 0.0489. The number of aromatic amines is 1. The minimum atomic E-state index is -1.26. The third-order valence-corrected chi connectivity index (χ3v) is 3.12. The zero-order valence-electron chi connectivity index (χ0n) is 10.2. The van der Waals surface area contributed by atoms with Gasteiger partial charge >= 0.3 is 0 Å². The van der Waals surface area contributed by atoms with Crippen LogP contribution in [0.15, 0.2) is 34.6 Å². The number of carboxylic acids is 1. The maximum atomic E-state index is 11.1. The second kappa shape index (κ2) is 6.14. The number of hydrogen-bond acceptors (Lipinski definition) is 6. The number of pyridine rings is 1. The number of nitrogens with one attached hydrogen (secondary N) is 1. The first-order valence-electron chi connectivity index (χ1n) is 5.61. The van der Waals surface area contributed by atoms with Crippen LogP contribution in [0.3, 0.4) is 0 Å². The minimum Gasteiger partial charge on any atom is -0.544 e. The van der Waals surface area contributed by atoms with Crippen molar-refractivity contribution in [2.75, 3.05) is 0 Å². The van der Waals surface area contributed by atoms with E-state index >= 15 is 0 Å². The van der Waals surface area contributed by atoms with Crippen molar-refractivity contribution in [3.05, 3.63) is 40.8 Å². The average molecular weight is 275 g/mol. The van der Waals surface area contributed by atoms with Gasteiger partial charge in [0.1, 0.15) is 5.82 Å². The summed E-state index contributed by atoms with van der Waals surface area (Å²) in [6, 6.07) is 3.41. The van der Waals surface area contributed by atoms with Gasteiger partial charge in [-0.25, -0.2) is 4.98 Å². The standard InChI is InChI=1S/C12H12N4O2S/c1-2-10-14-12(16-15-10)19-9(11(17)18)7-8-3-5-13-6-4-8/h3-7H,2H2,1H3,(H,17,18)(H,14,15,16)/p-1/b9-7+. The molecule has 98 valence electrons. The molecule has 6 nitrogen and oxygen atoms in total. The molecule has 7 heteroatoms. The van der Waals surface area contributed by atoms with E-state index in [1.807, 2.05) is 6.92 Å². The molecule has 0 aliphatic carbocycles. The first-order valence-corrected chi connectivity index (χ1v) is 6.43. The van der Waals surface area contributed by atoms with Gasteiger partial charge in [0.15, 0.2) is 0 Å². The summed E-state index contributed by atoms with van der Waals surface area (Å²) in [7, 11) is 0.